The summed E-state index contributed by atoms with van der Waals surface area (Å²) in [6.45, 7) is 3.52. The first-order valence-electron chi connectivity index (χ1n) is 6.03. The number of nitrogens with zero attached hydrogens (tertiary/aromatic N) is 1. The van der Waals surface area contributed by atoms with Crippen molar-refractivity contribution in [1.82, 2.24) is 4.90 Å². The number of anilines is 1. The van der Waals surface area contributed by atoms with E-state index >= 15 is 0 Å². The van der Waals surface area contributed by atoms with Crippen LogP contribution in [0.15, 0.2) is 27.1 Å². The standard InChI is InChI=1S/C13H18Br2N2/c1-17-7-5-10(6-8-17)9-16-13-11(14)3-2-4-12(13)15/h2-4,10,16H,5-9H2,1H3. The van der Waals surface area contributed by atoms with Gasteiger partial charge in [-0.1, -0.05) is 6.07 Å². The maximum absolute atomic E-state index is 3.58. The van der Waals surface area contributed by atoms with Gasteiger partial charge in [0.15, 0.2) is 0 Å². The molecule has 0 amide bonds. The third-order valence-electron chi connectivity index (χ3n) is 3.37. The van der Waals surface area contributed by atoms with Crippen LogP contribution in [0.3, 0.4) is 0 Å². The molecule has 0 saturated carbocycles. The molecule has 0 radical (unpaired) electrons. The van der Waals surface area contributed by atoms with E-state index in [-0.39, 0.29) is 0 Å². The SMILES string of the molecule is CN1CCC(CNc2c(Br)cccc2Br)CC1. The van der Waals surface area contributed by atoms with Crippen molar-refractivity contribution >= 4 is 37.5 Å². The molecule has 1 aromatic rings. The smallest absolute Gasteiger partial charge is 0.0629 e. The minimum absolute atomic E-state index is 0.796. The van der Waals surface area contributed by atoms with Crippen molar-refractivity contribution in [3.8, 4) is 0 Å². The van der Waals surface area contributed by atoms with Crippen molar-refractivity contribution in [3.63, 3.8) is 0 Å². The highest BCUT2D eigenvalue weighted by Gasteiger charge is 2.16. The van der Waals surface area contributed by atoms with E-state index in [1.807, 2.05) is 6.07 Å². The minimum Gasteiger partial charge on any atom is -0.383 e. The molecule has 94 valence electrons. The maximum atomic E-state index is 3.58. The molecule has 1 aliphatic rings. The quantitative estimate of drug-likeness (QED) is 0.876. The Bertz CT molecular complexity index is 353. The summed E-state index contributed by atoms with van der Waals surface area (Å²) in [5.74, 6) is 0.796. The Balaban J connectivity index is 1.89. The van der Waals surface area contributed by atoms with Crippen LogP contribution in [-0.2, 0) is 0 Å². The second-order valence-electron chi connectivity index (χ2n) is 4.72. The number of nitrogens with one attached hydrogen (secondary N) is 1. The zero-order chi connectivity index (χ0) is 12.3. The van der Waals surface area contributed by atoms with Crippen LogP contribution < -0.4 is 5.32 Å². The second-order valence-corrected chi connectivity index (χ2v) is 6.43. The molecule has 1 N–H and O–H groups in total. The van der Waals surface area contributed by atoms with Crippen molar-refractivity contribution < 1.29 is 0 Å². The van der Waals surface area contributed by atoms with Crippen LogP contribution in [-0.4, -0.2) is 31.6 Å². The van der Waals surface area contributed by atoms with Crippen LogP contribution >= 0.6 is 31.9 Å². The molecular weight excluding hydrogens is 344 g/mol. The first-order valence-corrected chi connectivity index (χ1v) is 7.62. The van der Waals surface area contributed by atoms with Gasteiger partial charge in [0, 0.05) is 15.5 Å². The molecule has 2 nitrogen and oxygen atoms in total. The topological polar surface area (TPSA) is 15.3 Å². The lowest BCUT2D eigenvalue weighted by Gasteiger charge is -2.29. The third-order valence-corrected chi connectivity index (χ3v) is 4.69. The highest BCUT2D eigenvalue weighted by molar-refractivity contribution is 9.11. The van der Waals surface area contributed by atoms with E-state index in [2.05, 4.69) is 61.3 Å². The molecular formula is C13H18Br2N2. The summed E-state index contributed by atoms with van der Waals surface area (Å²) in [4.78, 5) is 2.41. The van der Waals surface area contributed by atoms with Crippen LogP contribution in [0, 0.1) is 5.92 Å². The Morgan fingerprint density at radius 3 is 2.41 bits per heavy atom. The molecule has 1 aliphatic heterocycles. The van der Waals surface area contributed by atoms with Gasteiger partial charge in [0.2, 0.25) is 0 Å². The Kier molecular flexibility index (Phi) is 4.88. The molecule has 0 atom stereocenters. The molecule has 1 fully saturated rings. The number of piperidine rings is 1. The number of halogens is 2. The van der Waals surface area contributed by atoms with E-state index in [9.17, 15) is 0 Å². The Labute approximate surface area is 120 Å². The van der Waals surface area contributed by atoms with Crippen molar-refractivity contribution in [2.45, 2.75) is 12.8 Å². The Morgan fingerprint density at radius 1 is 1.24 bits per heavy atom. The molecule has 0 aliphatic carbocycles. The average molecular weight is 362 g/mol. The normalized spacial score (nSPS) is 18.3. The summed E-state index contributed by atoms with van der Waals surface area (Å²) >= 11 is 7.16. The van der Waals surface area contributed by atoms with E-state index in [1.165, 1.54) is 31.6 Å². The summed E-state index contributed by atoms with van der Waals surface area (Å²) in [7, 11) is 2.20. The number of benzene rings is 1. The lowest BCUT2D eigenvalue weighted by molar-refractivity contribution is 0.226. The fourth-order valence-corrected chi connectivity index (χ4v) is 3.46. The van der Waals surface area contributed by atoms with Crippen LogP contribution in [0.1, 0.15) is 12.8 Å². The average Bonchev–Trinajstić information content (AvgIpc) is 2.31. The lowest BCUT2D eigenvalue weighted by Crippen LogP contribution is -2.33. The van der Waals surface area contributed by atoms with Crippen molar-refractivity contribution in [2.75, 3.05) is 32.0 Å². The van der Waals surface area contributed by atoms with Gasteiger partial charge in [0.1, 0.15) is 0 Å². The molecule has 4 heteroatoms. The van der Waals surface area contributed by atoms with Gasteiger partial charge in [-0.2, -0.15) is 0 Å². The molecule has 17 heavy (non-hydrogen) atoms. The number of rotatable bonds is 3. The molecule has 0 aromatic heterocycles. The first kappa shape index (κ1) is 13.4. The van der Waals surface area contributed by atoms with Crippen molar-refractivity contribution in [2.24, 2.45) is 5.92 Å². The first-order chi connectivity index (χ1) is 8.16. The van der Waals surface area contributed by atoms with E-state index in [1.54, 1.807) is 0 Å². The third kappa shape index (κ3) is 3.70. The van der Waals surface area contributed by atoms with Gasteiger partial charge < -0.3 is 10.2 Å². The monoisotopic (exact) mass is 360 g/mol. The second kappa shape index (κ2) is 6.21. The fraction of sp³-hybridized carbons (Fsp3) is 0.538. The predicted octanol–water partition coefficient (Wildman–Crippen LogP) is 3.97. The van der Waals surface area contributed by atoms with Crippen molar-refractivity contribution in [1.29, 1.82) is 0 Å². The highest BCUT2D eigenvalue weighted by atomic mass is 79.9. The van der Waals surface area contributed by atoms with Gasteiger partial charge in [-0.3, -0.25) is 0 Å². The Morgan fingerprint density at radius 2 is 1.82 bits per heavy atom. The zero-order valence-electron chi connectivity index (χ0n) is 10.0. The molecule has 1 aromatic carbocycles. The van der Waals surface area contributed by atoms with Crippen LogP contribution in [0.5, 0.6) is 0 Å². The predicted molar refractivity (Wildman–Crippen MR) is 80.6 cm³/mol. The van der Waals surface area contributed by atoms with Gasteiger partial charge in [0.05, 0.1) is 5.69 Å². The number of para-hydroxylation sites is 1. The lowest BCUT2D eigenvalue weighted by atomic mass is 9.97. The summed E-state index contributed by atoms with van der Waals surface area (Å²) in [6, 6.07) is 6.18. The summed E-state index contributed by atoms with van der Waals surface area (Å²) in [5, 5.41) is 3.55. The minimum atomic E-state index is 0.796. The van der Waals surface area contributed by atoms with Crippen LogP contribution in [0.25, 0.3) is 0 Å². The van der Waals surface area contributed by atoms with Gasteiger partial charge in [-0.25, -0.2) is 0 Å². The van der Waals surface area contributed by atoms with Crippen LogP contribution in [0.2, 0.25) is 0 Å². The van der Waals surface area contributed by atoms with E-state index in [0.717, 1.165) is 21.4 Å². The summed E-state index contributed by atoms with van der Waals surface area (Å²) in [6.07, 6.45) is 2.59. The summed E-state index contributed by atoms with van der Waals surface area (Å²) in [5.41, 5.74) is 1.17. The largest absolute Gasteiger partial charge is 0.383 e. The Hall–Kier alpha value is -0.0600. The molecule has 0 spiro atoms. The van der Waals surface area contributed by atoms with E-state index in [0.29, 0.717) is 0 Å². The van der Waals surface area contributed by atoms with Gasteiger partial charge in [0.25, 0.3) is 0 Å². The van der Waals surface area contributed by atoms with Crippen molar-refractivity contribution in [3.05, 3.63) is 27.1 Å². The maximum Gasteiger partial charge on any atom is 0.0629 e. The zero-order valence-corrected chi connectivity index (χ0v) is 13.2. The molecule has 1 saturated heterocycles. The number of hydrogen-bond donors (Lipinski definition) is 1. The van der Waals surface area contributed by atoms with Crippen LogP contribution in [0.4, 0.5) is 5.69 Å². The molecule has 2 rings (SSSR count). The van der Waals surface area contributed by atoms with Gasteiger partial charge >= 0.3 is 0 Å². The van der Waals surface area contributed by atoms with E-state index in [4.69, 9.17) is 0 Å². The molecule has 0 unspecified atom stereocenters. The number of likely N-dealkylation sites (tertiary alicyclic amines) is 1. The van der Waals surface area contributed by atoms with Gasteiger partial charge in [-0.15, -0.1) is 0 Å². The fourth-order valence-electron chi connectivity index (χ4n) is 2.18. The molecule has 0 bridgehead atoms. The molecule has 1 heterocycles. The summed E-state index contributed by atoms with van der Waals surface area (Å²) < 4.78 is 2.25. The van der Waals surface area contributed by atoms with E-state index < -0.39 is 0 Å². The highest BCUT2D eigenvalue weighted by Crippen LogP contribution is 2.31. The van der Waals surface area contributed by atoms with Gasteiger partial charge in [-0.05, 0) is 82.9 Å². The number of hydrogen-bond acceptors (Lipinski definition) is 2.